The number of sulfone groups is 1. The fourth-order valence-electron chi connectivity index (χ4n) is 2.42. The van der Waals surface area contributed by atoms with E-state index in [0.717, 1.165) is 6.54 Å². The van der Waals surface area contributed by atoms with Gasteiger partial charge in [-0.15, -0.1) is 0 Å². The summed E-state index contributed by atoms with van der Waals surface area (Å²) in [6.07, 6.45) is 0.562. The molecule has 92 valence electrons. The molecule has 0 aromatic rings. The summed E-state index contributed by atoms with van der Waals surface area (Å²) in [5.41, 5.74) is 0. The molecule has 2 rings (SSSR count). The lowest BCUT2D eigenvalue weighted by molar-refractivity contribution is -0.144. The molecule has 7 heteroatoms. The van der Waals surface area contributed by atoms with E-state index in [9.17, 15) is 13.2 Å². The van der Waals surface area contributed by atoms with Gasteiger partial charge in [-0.2, -0.15) is 0 Å². The number of rotatable bonds is 2. The third-order valence-electron chi connectivity index (χ3n) is 3.25. The average molecular weight is 248 g/mol. The zero-order chi connectivity index (χ0) is 11.8. The Labute approximate surface area is 94.5 Å². The van der Waals surface area contributed by atoms with Crippen LogP contribution in [0.3, 0.4) is 0 Å². The molecule has 2 saturated heterocycles. The first kappa shape index (κ1) is 11.8. The molecule has 0 aliphatic carbocycles. The summed E-state index contributed by atoms with van der Waals surface area (Å²) in [6, 6.07) is -0.708. The monoisotopic (exact) mass is 248 g/mol. The molecule has 2 atom stereocenters. The van der Waals surface area contributed by atoms with Crippen molar-refractivity contribution in [1.29, 1.82) is 0 Å². The number of carboxylic acid groups (broad SMARTS) is 1. The number of piperazine rings is 1. The molecule has 0 radical (unpaired) electrons. The number of hydrogen-bond donors (Lipinski definition) is 2. The second-order valence-electron chi connectivity index (χ2n) is 4.35. The fraction of sp³-hybridized carbons (Fsp3) is 0.889. The van der Waals surface area contributed by atoms with E-state index >= 15 is 0 Å². The zero-order valence-electron chi connectivity index (χ0n) is 8.92. The van der Waals surface area contributed by atoms with Crippen LogP contribution in [0.25, 0.3) is 0 Å². The van der Waals surface area contributed by atoms with Gasteiger partial charge in [0.15, 0.2) is 9.84 Å². The van der Waals surface area contributed by atoms with Gasteiger partial charge in [-0.3, -0.25) is 9.69 Å². The van der Waals surface area contributed by atoms with Crippen molar-refractivity contribution < 1.29 is 18.3 Å². The van der Waals surface area contributed by atoms with Crippen LogP contribution in [0.2, 0.25) is 0 Å². The van der Waals surface area contributed by atoms with E-state index in [1.807, 2.05) is 4.90 Å². The Hall–Kier alpha value is -0.660. The Kier molecular flexibility index (Phi) is 3.18. The van der Waals surface area contributed by atoms with Crippen molar-refractivity contribution in [2.75, 3.05) is 31.1 Å². The van der Waals surface area contributed by atoms with Crippen LogP contribution in [0.15, 0.2) is 0 Å². The topological polar surface area (TPSA) is 86.7 Å². The average Bonchev–Trinajstić information content (AvgIpc) is 2.59. The van der Waals surface area contributed by atoms with Gasteiger partial charge >= 0.3 is 5.97 Å². The van der Waals surface area contributed by atoms with Gasteiger partial charge in [0, 0.05) is 25.7 Å². The Morgan fingerprint density at radius 2 is 2.19 bits per heavy atom. The van der Waals surface area contributed by atoms with E-state index in [1.54, 1.807) is 0 Å². The Morgan fingerprint density at radius 1 is 1.44 bits per heavy atom. The van der Waals surface area contributed by atoms with Crippen molar-refractivity contribution >= 4 is 15.8 Å². The number of carboxylic acids is 1. The standard InChI is InChI=1S/C9H16N2O4S/c12-9(13)8-5-10-2-3-11(8)7-1-4-16(14,15)6-7/h7-8,10H,1-6H2,(H,12,13). The number of aliphatic carboxylic acids is 1. The van der Waals surface area contributed by atoms with Crippen LogP contribution in [0, 0.1) is 0 Å². The quantitative estimate of drug-likeness (QED) is 0.620. The van der Waals surface area contributed by atoms with E-state index in [0.29, 0.717) is 19.5 Å². The zero-order valence-corrected chi connectivity index (χ0v) is 9.74. The van der Waals surface area contributed by atoms with Gasteiger partial charge in [0.2, 0.25) is 0 Å². The first-order valence-corrected chi connectivity index (χ1v) is 7.21. The van der Waals surface area contributed by atoms with Crippen LogP contribution >= 0.6 is 0 Å². The molecule has 0 aromatic heterocycles. The summed E-state index contributed by atoms with van der Waals surface area (Å²) in [5.74, 6) is -0.582. The lowest BCUT2D eigenvalue weighted by Gasteiger charge is -2.37. The molecular weight excluding hydrogens is 232 g/mol. The fourth-order valence-corrected chi connectivity index (χ4v) is 4.17. The van der Waals surface area contributed by atoms with Gasteiger partial charge in [0.1, 0.15) is 6.04 Å². The Balaban J connectivity index is 2.09. The lowest BCUT2D eigenvalue weighted by atomic mass is 10.1. The third kappa shape index (κ3) is 2.36. The molecule has 16 heavy (non-hydrogen) atoms. The van der Waals surface area contributed by atoms with Gasteiger partial charge in [-0.25, -0.2) is 8.42 Å². The van der Waals surface area contributed by atoms with E-state index in [-0.39, 0.29) is 17.5 Å². The molecular formula is C9H16N2O4S. The van der Waals surface area contributed by atoms with E-state index < -0.39 is 21.8 Å². The van der Waals surface area contributed by atoms with Gasteiger partial charge < -0.3 is 10.4 Å². The molecule has 0 spiro atoms. The van der Waals surface area contributed by atoms with Crippen LogP contribution in [0.4, 0.5) is 0 Å². The predicted molar refractivity (Wildman–Crippen MR) is 58.1 cm³/mol. The number of hydrogen-bond acceptors (Lipinski definition) is 5. The second kappa shape index (κ2) is 4.31. The molecule has 2 aliphatic heterocycles. The van der Waals surface area contributed by atoms with Gasteiger partial charge in [-0.1, -0.05) is 0 Å². The van der Waals surface area contributed by atoms with E-state index in [4.69, 9.17) is 5.11 Å². The number of nitrogens with zero attached hydrogens (tertiary/aromatic N) is 1. The highest BCUT2D eigenvalue weighted by Gasteiger charge is 2.39. The maximum Gasteiger partial charge on any atom is 0.322 e. The van der Waals surface area contributed by atoms with Crippen molar-refractivity contribution in [3.05, 3.63) is 0 Å². The van der Waals surface area contributed by atoms with E-state index in [1.165, 1.54) is 0 Å². The van der Waals surface area contributed by atoms with Crippen molar-refractivity contribution in [3.63, 3.8) is 0 Å². The summed E-state index contributed by atoms with van der Waals surface area (Å²) in [4.78, 5) is 12.9. The molecule has 2 unspecified atom stereocenters. The SMILES string of the molecule is O=C(O)C1CNCCN1C1CCS(=O)(=O)C1. The second-order valence-corrected chi connectivity index (χ2v) is 6.58. The van der Waals surface area contributed by atoms with Crippen LogP contribution in [0.1, 0.15) is 6.42 Å². The van der Waals surface area contributed by atoms with Crippen molar-refractivity contribution in [2.45, 2.75) is 18.5 Å². The maximum atomic E-state index is 11.4. The van der Waals surface area contributed by atoms with Crippen LogP contribution in [-0.4, -0.2) is 67.6 Å². The highest BCUT2D eigenvalue weighted by atomic mass is 32.2. The molecule has 2 N–H and O–H groups in total. The number of carbonyl (C=O) groups is 1. The highest BCUT2D eigenvalue weighted by Crippen LogP contribution is 2.20. The molecule has 2 aliphatic rings. The maximum absolute atomic E-state index is 11.4. The molecule has 2 fully saturated rings. The number of nitrogens with one attached hydrogen (secondary N) is 1. The van der Waals surface area contributed by atoms with Crippen LogP contribution in [0.5, 0.6) is 0 Å². The summed E-state index contributed by atoms with van der Waals surface area (Å²) in [5, 5.41) is 12.1. The van der Waals surface area contributed by atoms with Gasteiger partial charge in [0.25, 0.3) is 0 Å². The molecule has 0 aromatic carbocycles. The van der Waals surface area contributed by atoms with E-state index in [2.05, 4.69) is 5.32 Å². The highest BCUT2D eigenvalue weighted by molar-refractivity contribution is 7.91. The van der Waals surface area contributed by atoms with Crippen LogP contribution in [-0.2, 0) is 14.6 Å². The molecule has 0 bridgehead atoms. The summed E-state index contributed by atoms with van der Waals surface area (Å²) in [6.45, 7) is 1.73. The first-order chi connectivity index (χ1) is 7.49. The van der Waals surface area contributed by atoms with Gasteiger partial charge in [-0.05, 0) is 6.42 Å². The third-order valence-corrected chi connectivity index (χ3v) is 5.00. The molecule has 0 saturated carbocycles. The minimum absolute atomic E-state index is 0.108. The normalized spacial score (nSPS) is 35.0. The molecule has 6 nitrogen and oxygen atoms in total. The van der Waals surface area contributed by atoms with Crippen LogP contribution < -0.4 is 5.32 Å². The summed E-state index contributed by atoms with van der Waals surface area (Å²) in [7, 11) is -2.95. The Morgan fingerprint density at radius 3 is 2.75 bits per heavy atom. The summed E-state index contributed by atoms with van der Waals surface area (Å²) < 4.78 is 22.7. The van der Waals surface area contributed by atoms with Crippen molar-refractivity contribution in [1.82, 2.24) is 10.2 Å². The minimum atomic E-state index is -2.95. The molecule has 2 heterocycles. The Bertz CT molecular complexity index is 381. The van der Waals surface area contributed by atoms with Gasteiger partial charge in [0.05, 0.1) is 11.5 Å². The first-order valence-electron chi connectivity index (χ1n) is 5.39. The smallest absolute Gasteiger partial charge is 0.322 e. The summed E-state index contributed by atoms with van der Waals surface area (Å²) >= 11 is 0. The minimum Gasteiger partial charge on any atom is -0.480 e. The predicted octanol–water partition coefficient (Wildman–Crippen LogP) is -1.47. The van der Waals surface area contributed by atoms with Crippen molar-refractivity contribution in [2.24, 2.45) is 0 Å². The largest absolute Gasteiger partial charge is 0.480 e. The van der Waals surface area contributed by atoms with Crippen molar-refractivity contribution in [3.8, 4) is 0 Å². The molecule has 0 amide bonds. The lowest BCUT2D eigenvalue weighted by Crippen LogP contribution is -2.58.